The smallest absolute Gasteiger partial charge is 0.317 e. The molecule has 0 spiro atoms. The Morgan fingerprint density at radius 2 is 1.75 bits per heavy atom. The van der Waals surface area contributed by atoms with E-state index in [4.69, 9.17) is 0 Å². The molecule has 0 radical (unpaired) electrons. The van der Waals surface area contributed by atoms with Crippen molar-refractivity contribution in [2.75, 3.05) is 26.2 Å². The van der Waals surface area contributed by atoms with Crippen LogP contribution < -0.4 is 5.32 Å². The van der Waals surface area contributed by atoms with Gasteiger partial charge in [-0.15, -0.1) is 0 Å². The quantitative estimate of drug-likeness (QED) is 0.812. The molecule has 2 heterocycles. The molecule has 1 aliphatic rings. The molecule has 1 aromatic rings. The topological polar surface area (TPSA) is 68.4 Å². The first-order chi connectivity index (χ1) is 9.37. The number of aromatic nitrogens is 1. The highest BCUT2D eigenvalue weighted by Gasteiger charge is 2.26. The summed E-state index contributed by atoms with van der Waals surface area (Å²) in [6.07, 6.45) is 3.43. The summed E-state index contributed by atoms with van der Waals surface area (Å²) in [6.45, 7) is 8.14. The van der Waals surface area contributed by atoms with Gasteiger partial charge in [0.15, 0.2) is 0 Å². The molecule has 0 aromatic carbocycles. The molecule has 1 saturated heterocycles. The minimum Gasteiger partial charge on any atom is -0.367 e. The maximum atomic E-state index is 12.2. The minimum absolute atomic E-state index is 0.0159. The van der Waals surface area contributed by atoms with Crippen molar-refractivity contribution in [1.29, 1.82) is 0 Å². The highest BCUT2D eigenvalue weighted by Crippen LogP contribution is 2.09. The third-order valence-electron chi connectivity index (χ3n) is 3.18. The van der Waals surface area contributed by atoms with Crippen LogP contribution in [-0.2, 0) is 0 Å². The molecule has 20 heavy (non-hydrogen) atoms. The Hall–Kier alpha value is -1.98. The van der Waals surface area contributed by atoms with Crippen molar-refractivity contribution >= 4 is 11.9 Å². The van der Waals surface area contributed by atoms with Crippen molar-refractivity contribution in [3.05, 3.63) is 24.0 Å². The number of urea groups is 1. The van der Waals surface area contributed by atoms with Gasteiger partial charge in [0.1, 0.15) is 0 Å². The fourth-order valence-electron chi connectivity index (χ4n) is 2.15. The van der Waals surface area contributed by atoms with E-state index in [0.717, 1.165) is 0 Å². The van der Waals surface area contributed by atoms with E-state index in [1.807, 2.05) is 20.8 Å². The summed E-state index contributed by atoms with van der Waals surface area (Å²) in [4.78, 5) is 30.6. The number of H-pyrrole nitrogens is 1. The minimum atomic E-state index is -0.241. The second kappa shape index (κ2) is 5.56. The summed E-state index contributed by atoms with van der Waals surface area (Å²) in [6, 6.07) is 1.70. The standard InChI is InChI=1S/C14H22N4O2/c1-14(2,3)16-13(20)18-8-6-17(7-9-18)12(19)11-4-5-15-10-11/h4-5,10,15H,6-9H2,1-3H3,(H,16,20). The molecule has 0 aliphatic carbocycles. The number of amides is 3. The van der Waals surface area contributed by atoms with Crippen LogP contribution in [0.4, 0.5) is 4.79 Å². The van der Waals surface area contributed by atoms with E-state index in [1.165, 1.54) is 0 Å². The van der Waals surface area contributed by atoms with E-state index in [9.17, 15) is 9.59 Å². The van der Waals surface area contributed by atoms with E-state index >= 15 is 0 Å². The van der Waals surface area contributed by atoms with E-state index in [1.54, 1.807) is 28.3 Å². The van der Waals surface area contributed by atoms with E-state index in [0.29, 0.717) is 31.7 Å². The Kier molecular flexibility index (Phi) is 4.01. The molecule has 3 amide bonds. The average molecular weight is 278 g/mol. The average Bonchev–Trinajstić information content (AvgIpc) is 2.90. The number of carbonyl (C=O) groups excluding carboxylic acids is 2. The number of piperazine rings is 1. The Morgan fingerprint density at radius 1 is 1.15 bits per heavy atom. The van der Waals surface area contributed by atoms with Crippen molar-refractivity contribution < 1.29 is 9.59 Å². The van der Waals surface area contributed by atoms with Gasteiger partial charge in [-0.2, -0.15) is 0 Å². The van der Waals surface area contributed by atoms with E-state index in [2.05, 4.69) is 10.3 Å². The van der Waals surface area contributed by atoms with Crippen molar-refractivity contribution in [3.8, 4) is 0 Å². The summed E-state index contributed by atoms with van der Waals surface area (Å²) < 4.78 is 0. The predicted molar refractivity (Wildman–Crippen MR) is 76.6 cm³/mol. The highest BCUT2D eigenvalue weighted by atomic mass is 16.2. The monoisotopic (exact) mass is 278 g/mol. The van der Waals surface area contributed by atoms with Crippen LogP contribution in [0.3, 0.4) is 0 Å². The highest BCUT2D eigenvalue weighted by molar-refractivity contribution is 5.94. The fourth-order valence-corrected chi connectivity index (χ4v) is 2.15. The van der Waals surface area contributed by atoms with Crippen molar-refractivity contribution in [2.24, 2.45) is 0 Å². The van der Waals surface area contributed by atoms with Gasteiger partial charge in [0.25, 0.3) is 5.91 Å². The molecule has 2 N–H and O–H groups in total. The summed E-state index contributed by atoms with van der Waals surface area (Å²) in [7, 11) is 0. The molecule has 1 aliphatic heterocycles. The van der Waals surface area contributed by atoms with Crippen LogP contribution in [0.25, 0.3) is 0 Å². The second-order valence-electron chi connectivity index (χ2n) is 6.06. The van der Waals surface area contributed by atoms with Crippen LogP contribution in [0.5, 0.6) is 0 Å². The lowest BCUT2D eigenvalue weighted by molar-refractivity contribution is 0.0661. The van der Waals surface area contributed by atoms with Crippen LogP contribution in [0.15, 0.2) is 18.5 Å². The third kappa shape index (κ3) is 3.53. The molecule has 0 unspecified atom stereocenters. The van der Waals surface area contributed by atoms with Gasteiger partial charge in [0.2, 0.25) is 0 Å². The molecule has 0 atom stereocenters. The molecule has 6 nitrogen and oxygen atoms in total. The number of rotatable bonds is 1. The van der Waals surface area contributed by atoms with Crippen LogP contribution >= 0.6 is 0 Å². The summed E-state index contributed by atoms with van der Waals surface area (Å²) in [5.74, 6) is 0.0159. The van der Waals surface area contributed by atoms with Crippen LogP contribution in [0.1, 0.15) is 31.1 Å². The Bertz CT molecular complexity index is 468. The van der Waals surface area contributed by atoms with Gasteiger partial charge in [-0.25, -0.2) is 4.79 Å². The maximum Gasteiger partial charge on any atom is 0.317 e. The first-order valence-corrected chi connectivity index (χ1v) is 6.86. The van der Waals surface area contributed by atoms with Gasteiger partial charge in [0, 0.05) is 44.1 Å². The zero-order valence-electron chi connectivity index (χ0n) is 12.3. The van der Waals surface area contributed by atoms with Crippen molar-refractivity contribution in [3.63, 3.8) is 0 Å². The SMILES string of the molecule is CC(C)(C)NC(=O)N1CCN(C(=O)c2cc[nH]c2)CC1. The predicted octanol–water partition coefficient (Wildman–Crippen LogP) is 1.28. The van der Waals surface area contributed by atoms with Crippen molar-refractivity contribution in [2.45, 2.75) is 26.3 Å². The van der Waals surface area contributed by atoms with E-state index in [-0.39, 0.29) is 17.5 Å². The molecular weight excluding hydrogens is 256 g/mol. The first kappa shape index (κ1) is 14.4. The van der Waals surface area contributed by atoms with E-state index < -0.39 is 0 Å². The molecule has 110 valence electrons. The summed E-state index contributed by atoms with van der Waals surface area (Å²) in [5, 5.41) is 2.94. The number of aromatic amines is 1. The van der Waals surface area contributed by atoms with Gasteiger partial charge in [0.05, 0.1) is 5.56 Å². The fraction of sp³-hybridized carbons (Fsp3) is 0.571. The van der Waals surface area contributed by atoms with Gasteiger partial charge < -0.3 is 20.1 Å². The third-order valence-corrected chi connectivity index (χ3v) is 3.18. The van der Waals surface area contributed by atoms with Gasteiger partial charge in [-0.3, -0.25) is 4.79 Å². The number of hydrogen-bond donors (Lipinski definition) is 2. The molecule has 0 bridgehead atoms. The van der Waals surface area contributed by atoms with Crippen molar-refractivity contribution in [1.82, 2.24) is 20.1 Å². The number of carbonyl (C=O) groups is 2. The van der Waals surface area contributed by atoms with Crippen LogP contribution in [0, 0.1) is 0 Å². The maximum absolute atomic E-state index is 12.2. The second-order valence-corrected chi connectivity index (χ2v) is 6.06. The summed E-state index contributed by atoms with van der Waals surface area (Å²) in [5.41, 5.74) is 0.424. The zero-order valence-corrected chi connectivity index (χ0v) is 12.3. The number of hydrogen-bond acceptors (Lipinski definition) is 2. The molecule has 6 heteroatoms. The van der Waals surface area contributed by atoms with Gasteiger partial charge in [-0.05, 0) is 26.8 Å². The lowest BCUT2D eigenvalue weighted by Crippen LogP contribution is -2.55. The number of nitrogens with zero attached hydrogens (tertiary/aromatic N) is 2. The lowest BCUT2D eigenvalue weighted by atomic mass is 10.1. The van der Waals surface area contributed by atoms with Crippen LogP contribution in [-0.4, -0.2) is 58.4 Å². The van der Waals surface area contributed by atoms with Gasteiger partial charge >= 0.3 is 6.03 Å². The normalized spacial score (nSPS) is 16.1. The molecule has 1 aromatic heterocycles. The summed E-state index contributed by atoms with van der Waals surface area (Å²) >= 11 is 0. The van der Waals surface area contributed by atoms with Gasteiger partial charge in [-0.1, -0.05) is 0 Å². The molecular formula is C14H22N4O2. The first-order valence-electron chi connectivity index (χ1n) is 6.86. The largest absolute Gasteiger partial charge is 0.367 e. The Labute approximate surface area is 119 Å². The Morgan fingerprint density at radius 3 is 2.25 bits per heavy atom. The Balaban J connectivity index is 1.86. The number of nitrogens with one attached hydrogen (secondary N) is 2. The molecule has 0 saturated carbocycles. The molecule has 2 rings (SSSR count). The molecule has 1 fully saturated rings. The lowest BCUT2D eigenvalue weighted by Gasteiger charge is -2.36. The zero-order chi connectivity index (χ0) is 14.8. The van der Waals surface area contributed by atoms with Crippen LogP contribution in [0.2, 0.25) is 0 Å².